The lowest BCUT2D eigenvalue weighted by atomic mass is 10.1. The molecule has 2 rings (SSSR count). The quantitative estimate of drug-likeness (QED) is 0.833. The molecule has 0 bridgehead atoms. The Morgan fingerprint density at radius 3 is 2.33 bits per heavy atom. The van der Waals surface area contributed by atoms with Crippen LogP contribution in [0, 0.1) is 6.92 Å². The number of carbonyl (C=O) groups is 2. The Balaban J connectivity index is 1.74. The highest BCUT2D eigenvalue weighted by Crippen LogP contribution is 2.04. The molecule has 1 saturated heterocycles. The molecule has 5 heteroatoms. The van der Waals surface area contributed by atoms with Crippen LogP contribution in [0.2, 0.25) is 0 Å². The minimum atomic E-state index is -0.209. The highest BCUT2D eigenvalue weighted by molar-refractivity contribution is 5.96. The number of carbonyl (C=O) groups excluding carboxylic acids is 2. The van der Waals surface area contributed by atoms with Gasteiger partial charge in [0.25, 0.3) is 0 Å². The van der Waals surface area contributed by atoms with E-state index in [1.54, 1.807) is 4.90 Å². The van der Waals surface area contributed by atoms with Crippen LogP contribution in [0.1, 0.15) is 17.5 Å². The highest BCUT2D eigenvalue weighted by Gasteiger charge is 2.20. The van der Waals surface area contributed by atoms with Crippen molar-refractivity contribution in [3.8, 4) is 0 Å². The Hall–Kier alpha value is -1.88. The van der Waals surface area contributed by atoms with E-state index in [4.69, 9.17) is 0 Å². The number of hydrogen-bond donors (Lipinski definition) is 1. The summed E-state index contributed by atoms with van der Waals surface area (Å²) in [5.74, 6) is -0.288. The smallest absolute Gasteiger partial charge is 0.232 e. The van der Waals surface area contributed by atoms with Crippen molar-refractivity contribution in [2.45, 2.75) is 19.9 Å². The van der Waals surface area contributed by atoms with Crippen LogP contribution in [-0.2, 0) is 16.1 Å². The summed E-state index contributed by atoms with van der Waals surface area (Å²) < 4.78 is 0. The summed E-state index contributed by atoms with van der Waals surface area (Å²) in [7, 11) is 2.04. The molecule has 1 aliphatic heterocycles. The molecule has 1 aliphatic rings. The lowest BCUT2D eigenvalue weighted by molar-refractivity contribution is -0.137. The van der Waals surface area contributed by atoms with Crippen molar-refractivity contribution in [2.75, 3.05) is 33.2 Å². The predicted molar refractivity (Wildman–Crippen MR) is 81.7 cm³/mol. The average Bonchev–Trinajstić information content (AvgIpc) is 2.47. The van der Waals surface area contributed by atoms with Crippen LogP contribution in [-0.4, -0.2) is 54.8 Å². The summed E-state index contributed by atoms with van der Waals surface area (Å²) in [6, 6.07) is 7.99. The molecular formula is C16H23N3O2. The second-order valence-corrected chi connectivity index (χ2v) is 5.62. The van der Waals surface area contributed by atoms with Gasteiger partial charge >= 0.3 is 0 Å². The van der Waals surface area contributed by atoms with Crippen LogP contribution < -0.4 is 5.32 Å². The molecule has 5 nitrogen and oxygen atoms in total. The molecule has 0 saturated carbocycles. The lowest BCUT2D eigenvalue weighted by Crippen LogP contribution is -2.48. The van der Waals surface area contributed by atoms with Gasteiger partial charge in [-0.05, 0) is 19.5 Å². The van der Waals surface area contributed by atoms with E-state index in [0.29, 0.717) is 19.6 Å². The fourth-order valence-electron chi connectivity index (χ4n) is 2.27. The molecule has 1 heterocycles. The Morgan fingerprint density at radius 1 is 1.10 bits per heavy atom. The van der Waals surface area contributed by atoms with E-state index in [-0.39, 0.29) is 18.2 Å². The van der Waals surface area contributed by atoms with E-state index >= 15 is 0 Å². The standard InChI is InChI=1S/C16H23N3O2/c1-13-3-5-14(6-4-13)12-17-15(20)11-16(21)19-9-7-18(2)8-10-19/h3-6H,7-12H2,1-2H3,(H,17,20). The van der Waals surface area contributed by atoms with E-state index in [1.165, 1.54) is 5.56 Å². The second-order valence-electron chi connectivity index (χ2n) is 5.62. The maximum atomic E-state index is 12.0. The van der Waals surface area contributed by atoms with Crippen LogP contribution >= 0.6 is 0 Å². The fraction of sp³-hybridized carbons (Fsp3) is 0.500. The van der Waals surface area contributed by atoms with Crippen molar-refractivity contribution in [1.29, 1.82) is 0 Å². The van der Waals surface area contributed by atoms with E-state index < -0.39 is 0 Å². The number of benzene rings is 1. The van der Waals surface area contributed by atoms with E-state index in [0.717, 1.165) is 18.7 Å². The van der Waals surface area contributed by atoms with E-state index in [1.807, 2.05) is 38.2 Å². The van der Waals surface area contributed by atoms with Gasteiger partial charge in [-0.15, -0.1) is 0 Å². The molecule has 0 radical (unpaired) electrons. The lowest BCUT2D eigenvalue weighted by Gasteiger charge is -2.32. The van der Waals surface area contributed by atoms with E-state index in [9.17, 15) is 9.59 Å². The monoisotopic (exact) mass is 289 g/mol. The third-order valence-corrected chi connectivity index (χ3v) is 3.78. The molecule has 1 fully saturated rings. The minimum Gasteiger partial charge on any atom is -0.352 e. The third-order valence-electron chi connectivity index (χ3n) is 3.78. The predicted octanol–water partition coefficient (Wildman–Crippen LogP) is 0.775. The van der Waals surface area contributed by atoms with Crippen LogP contribution in [0.3, 0.4) is 0 Å². The molecule has 1 N–H and O–H groups in total. The normalized spacial score (nSPS) is 15.8. The largest absolute Gasteiger partial charge is 0.352 e. The van der Waals surface area contributed by atoms with Crippen molar-refractivity contribution >= 4 is 11.8 Å². The summed E-state index contributed by atoms with van der Waals surface area (Å²) in [5, 5.41) is 2.80. The number of aryl methyl sites for hydroxylation is 1. The maximum Gasteiger partial charge on any atom is 0.232 e. The Bertz CT molecular complexity index is 491. The van der Waals surface area contributed by atoms with Gasteiger partial charge in [-0.2, -0.15) is 0 Å². The number of piperazine rings is 1. The van der Waals surface area contributed by atoms with Gasteiger partial charge in [-0.1, -0.05) is 29.8 Å². The summed E-state index contributed by atoms with van der Waals surface area (Å²) >= 11 is 0. The van der Waals surface area contributed by atoms with Gasteiger partial charge in [0.15, 0.2) is 0 Å². The number of nitrogens with zero attached hydrogens (tertiary/aromatic N) is 2. The summed E-state index contributed by atoms with van der Waals surface area (Å²) in [6.07, 6.45) is -0.0599. The van der Waals surface area contributed by atoms with Crippen LogP contribution in [0.4, 0.5) is 0 Å². The highest BCUT2D eigenvalue weighted by atomic mass is 16.2. The van der Waals surface area contributed by atoms with Gasteiger partial charge in [-0.25, -0.2) is 0 Å². The Labute approximate surface area is 125 Å². The molecule has 0 unspecified atom stereocenters. The molecule has 21 heavy (non-hydrogen) atoms. The molecule has 114 valence electrons. The Morgan fingerprint density at radius 2 is 1.71 bits per heavy atom. The number of hydrogen-bond acceptors (Lipinski definition) is 3. The van der Waals surface area contributed by atoms with Crippen molar-refractivity contribution in [2.24, 2.45) is 0 Å². The average molecular weight is 289 g/mol. The zero-order valence-electron chi connectivity index (χ0n) is 12.8. The molecule has 0 aromatic heterocycles. The second kappa shape index (κ2) is 7.22. The van der Waals surface area contributed by atoms with Crippen LogP contribution in [0.15, 0.2) is 24.3 Å². The molecular weight excluding hydrogens is 266 g/mol. The number of nitrogens with one attached hydrogen (secondary N) is 1. The van der Waals surface area contributed by atoms with Gasteiger partial charge in [0, 0.05) is 32.7 Å². The number of amides is 2. The number of likely N-dealkylation sites (N-methyl/N-ethyl adjacent to an activating group) is 1. The third kappa shape index (κ3) is 4.86. The van der Waals surface area contributed by atoms with Crippen LogP contribution in [0.25, 0.3) is 0 Å². The summed E-state index contributed by atoms with van der Waals surface area (Å²) in [6.45, 7) is 5.65. The molecule has 1 aromatic rings. The minimum absolute atomic E-state index is 0.0599. The van der Waals surface area contributed by atoms with Crippen molar-refractivity contribution in [3.05, 3.63) is 35.4 Å². The first kappa shape index (κ1) is 15.5. The van der Waals surface area contributed by atoms with Gasteiger partial charge in [0.2, 0.25) is 11.8 Å². The summed E-state index contributed by atoms with van der Waals surface area (Å²) in [5.41, 5.74) is 2.23. The van der Waals surface area contributed by atoms with Gasteiger partial charge in [-0.3, -0.25) is 9.59 Å². The molecule has 0 aliphatic carbocycles. The first-order valence-electron chi connectivity index (χ1n) is 7.33. The Kier molecular flexibility index (Phi) is 5.33. The van der Waals surface area contributed by atoms with Crippen molar-refractivity contribution < 1.29 is 9.59 Å². The SMILES string of the molecule is Cc1ccc(CNC(=O)CC(=O)N2CCN(C)CC2)cc1. The fourth-order valence-corrected chi connectivity index (χ4v) is 2.27. The van der Waals surface area contributed by atoms with Gasteiger partial charge in [0.05, 0.1) is 0 Å². The van der Waals surface area contributed by atoms with Gasteiger partial charge < -0.3 is 15.1 Å². The zero-order chi connectivity index (χ0) is 15.2. The summed E-state index contributed by atoms with van der Waals surface area (Å²) in [4.78, 5) is 27.8. The first-order valence-corrected chi connectivity index (χ1v) is 7.33. The topological polar surface area (TPSA) is 52.7 Å². The number of rotatable bonds is 4. The van der Waals surface area contributed by atoms with Crippen molar-refractivity contribution in [3.63, 3.8) is 0 Å². The molecule has 1 aromatic carbocycles. The zero-order valence-corrected chi connectivity index (χ0v) is 12.8. The molecule has 0 spiro atoms. The van der Waals surface area contributed by atoms with Crippen LogP contribution in [0.5, 0.6) is 0 Å². The van der Waals surface area contributed by atoms with Crippen molar-refractivity contribution in [1.82, 2.24) is 15.1 Å². The molecule has 0 atom stereocenters. The van der Waals surface area contributed by atoms with Gasteiger partial charge in [0.1, 0.15) is 6.42 Å². The van der Waals surface area contributed by atoms with E-state index in [2.05, 4.69) is 10.2 Å². The molecule has 2 amide bonds. The first-order chi connectivity index (χ1) is 10.0. The maximum absolute atomic E-state index is 12.0.